The van der Waals surface area contributed by atoms with Crippen LogP contribution in [0.1, 0.15) is 27.6 Å². The first-order chi connectivity index (χ1) is 7.60. The Balaban J connectivity index is 3.20. The summed E-state index contributed by atoms with van der Waals surface area (Å²) in [5, 5.41) is 10.6. The van der Waals surface area contributed by atoms with Crippen molar-refractivity contribution >= 4 is 11.9 Å². The van der Waals surface area contributed by atoms with Gasteiger partial charge in [0.15, 0.2) is 0 Å². The van der Waals surface area contributed by atoms with Crippen molar-refractivity contribution in [3.05, 3.63) is 29.3 Å². The molecular formula is C11H11O5-. The fraction of sp³-hybridized carbons (Fsp3) is 0.273. The Hall–Kier alpha value is -2.04. The molecule has 0 unspecified atom stereocenters. The van der Waals surface area contributed by atoms with Crippen LogP contribution in [-0.2, 0) is 4.74 Å². The van der Waals surface area contributed by atoms with Crippen LogP contribution in [0.15, 0.2) is 18.2 Å². The number of carbonyl (C=O) groups is 2. The smallest absolute Gasteiger partial charge is 0.341 e. The molecule has 0 heterocycles. The number of ether oxygens (including phenoxy) is 2. The number of rotatable bonds is 4. The quantitative estimate of drug-likeness (QED) is 0.683. The molecule has 0 aliphatic carbocycles. The molecule has 0 bridgehead atoms. The first-order valence-corrected chi connectivity index (χ1v) is 4.66. The number of carboxylic acids is 1. The highest BCUT2D eigenvalue weighted by atomic mass is 16.5. The zero-order chi connectivity index (χ0) is 12.1. The van der Waals surface area contributed by atoms with E-state index in [1.54, 1.807) is 6.92 Å². The predicted molar refractivity (Wildman–Crippen MR) is 53.3 cm³/mol. The van der Waals surface area contributed by atoms with Gasteiger partial charge in [0, 0.05) is 0 Å². The molecule has 16 heavy (non-hydrogen) atoms. The van der Waals surface area contributed by atoms with Crippen molar-refractivity contribution in [2.75, 3.05) is 13.7 Å². The number of carbonyl (C=O) groups excluding carboxylic acids is 2. The van der Waals surface area contributed by atoms with Gasteiger partial charge >= 0.3 is 5.97 Å². The van der Waals surface area contributed by atoms with Crippen LogP contribution in [0.5, 0.6) is 5.75 Å². The van der Waals surface area contributed by atoms with Crippen LogP contribution in [0.2, 0.25) is 0 Å². The molecule has 0 aliphatic rings. The maximum absolute atomic E-state index is 11.4. The molecular weight excluding hydrogens is 212 g/mol. The molecule has 0 atom stereocenters. The Bertz CT molecular complexity index is 411. The largest absolute Gasteiger partial charge is 0.545 e. The van der Waals surface area contributed by atoms with Gasteiger partial charge < -0.3 is 19.4 Å². The van der Waals surface area contributed by atoms with Crippen LogP contribution in [0.4, 0.5) is 0 Å². The minimum absolute atomic E-state index is 0.0750. The van der Waals surface area contributed by atoms with E-state index < -0.39 is 11.9 Å². The zero-order valence-electron chi connectivity index (χ0n) is 8.98. The number of hydrogen-bond donors (Lipinski definition) is 0. The normalized spacial score (nSPS) is 9.62. The van der Waals surface area contributed by atoms with Crippen molar-refractivity contribution in [3.8, 4) is 5.75 Å². The van der Waals surface area contributed by atoms with Crippen molar-refractivity contribution in [2.24, 2.45) is 0 Å². The molecule has 0 N–H and O–H groups in total. The average Bonchev–Trinajstić information content (AvgIpc) is 2.28. The number of carboxylic acid groups (broad SMARTS) is 1. The highest BCUT2D eigenvalue weighted by Crippen LogP contribution is 2.21. The minimum atomic E-state index is -1.35. The van der Waals surface area contributed by atoms with Crippen LogP contribution in [0.25, 0.3) is 0 Å². The molecule has 86 valence electrons. The summed E-state index contributed by atoms with van der Waals surface area (Å²) in [6.45, 7) is 2.13. The van der Waals surface area contributed by atoms with Gasteiger partial charge in [-0.3, -0.25) is 0 Å². The SMILES string of the molecule is CCOc1ccc(C(=O)[O-])cc1C(=O)OC. The highest BCUT2D eigenvalue weighted by molar-refractivity contribution is 5.96. The standard InChI is InChI=1S/C11H12O5/c1-3-16-9-5-4-7(10(12)13)6-8(9)11(14)15-2/h4-6H,3H2,1-2H3,(H,12,13)/p-1. The molecule has 0 aromatic heterocycles. The lowest BCUT2D eigenvalue weighted by molar-refractivity contribution is -0.255. The zero-order valence-corrected chi connectivity index (χ0v) is 8.98. The van der Waals surface area contributed by atoms with E-state index in [1.165, 1.54) is 25.3 Å². The molecule has 0 saturated carbocycles. The van der Waals surface area contributed by atoms with Gasteiger partial charge in [0.05, 0.1) is 19.7 Å². The molecule has 0 aliphatic heterocycles. The molecule has 0 saturated heterocycles. The van der Waals surface area contributed by atoms with Crippen molar-refractivity contribution in [1.29, 1.82) is 0 Å². The highest BCUT2D eigenvalue weighted by Gasteiger charge is 2.13. The maximum Gasteiger partial charge on any atom is 0.341 e. The molecule has 5 heteroatoms. The Labute approximate surface area is 92.6 Å². The molecule has 0 spiro atoms. The van der Waals surface area contributed by atoms with Crippen LogP contribution in [0.3, 0.4) is 0 Å². The van der Waals surface area contributed by atoms with E-state index in [1.807, 2.05) is 0 Å². The second kappa shape index (κ2) is 5.16. The molecule has 5 nitrogen and oxygen atoms in total. The third-order valence-corrected chi connectivity index (χ3v) is 1.92. The molecule has 0 fully saturated rings. The lowest BCUT2D eigenvalue weighted by Crippen LogP contribution is -2.22. The Kier molecular flexibility index (Phi) is 3.88. The van der Waals surface area contributed by atoms with Gasteiger partial charge in [-0.25, -0.2) is 4.79 Å². The summed E-state index contributed by atoms with van der Waals surface area (Å²) in [6, 6.07) is 3.89. The summed E-state index contributed by atoms with van der Waals surface area (Å²) in [6.07, 6.45) is 0. The minimum Gasteiger partial charge on any atom is -0.545 e. The predicted octanol–water partition coefficient (Wildman–Crippen LogP) is 0.235. The number of hydrogen-bond acceptors (Lipinski definition) is 5. The third kappa shape index (κ3) is 2.50. The monoisotopic (exact) mass is 223 g/mol. The van der Waals surface area contributed by atoms with E-state index in [0.717, 1.165) is 0 Å². The molecule has 0 amide bonds. The molecule has 1 aromatic rings. The van der Waals surface area contributed by atoms with Gasteiger partial charge in [0.25, 0.3) is 0 Å². The summed E-state index contributed by atoms with van der Waals surface area (Å²) in [5.74, 6) is -1.71. The summed E-state index contributed by atoms with van der Waals surface area (Å²) in [7, 11) is 1.21. The van der Waals surface area contributed by atoms with Crippen LogP contribution in [-0.4, -0.2) is 25.7 Å². The Morgan fingerprint density at radius 2 is 2.06 bits per heavy atom. The van der Waals surface area contributed by atoms with E-state index in [4.69, 9.17) is 4.74 Å². The van der Waals surface area contributed by atoms with Crippen molar-refractivity contribution in [2.45, 2.75) is 6.92 Å². The van der Waals surface area contributed by atoms with Crippen molar-refractivity contribution in [3.63, 3.8) is 0 Å². The van der Waals surface area contributed by atoms with E-state index in [0.29, 0.717) is 12.4 Å². The second-order valence-corrected chi connectivity index (χ2v) is 2.92. The number of methoxy groups -OCH3 is 1. The second-order valence-electron chi connectivity index (χ2n) is 2.92. The van der Waals surface area contributed by atoms with Crippen molar-refractivity contribution in [1.82, 2.24) is 0 Å². The average molecular weight is 223 g/mol. The number of aromatic carboxylic acids is 1. The van der Waals surface area contributed by atoms with E-state index in [2.05, 4.69) is 4.74 Å². The van der Waals surface area contributed by atoms with Gasteiger partial charge in [0.1, 0.15) is 11.3 Å². The topological polar surface area (TPSA) is 75.7 Å². The van der Waals surface area contributed by atoms with E-state index in [9.17, 15) is 14.7 Å². The van der Waals surface area contributed by atoms with Gasteiger partial charge in [-0.05, 0) is 30.7 Å². The summed E-state index contributed by atoms with van der Waals surface area (Å²) in [4.78, 5) is 22.0. The number of esters is 1. The fourth-order valence-electron chi connectivity index (χ4n) is 1.21. The summed E-state index contributed by atoms with van der Waals surface area (Å²) in [5.41, 5.74) is -0.0186. The molecule has 1 aromatic carbocycles. The molecule has 1 rings (SSSR count). The van der Waals surface area contributed by atoms with Crippen LogP contribution < -0.4 is 9.84 Å². The first-order valence-electron chi connectivity index (χ1n) is 4.66. The van der Waals surface area contributed by atoms with E-state index in [-0.39, 0.29) is 11.1 Å². The first kappa shape index (κ1) is 12.0. The Morgan fingerprint density at radius 1 is 1.38 bits per heavy atom. The number of benzene rings is 1. The molecule has 0 radical (unpaired) electrons. The van der Waals surface area contributed by atoms with Crippen molar-refractivity contribution < 1.29 is 24.2 Å². The summed E-state index contributed by atoms with van der Waals surface area (Å²) < 4.78 is 9.71. The van der Waals surface area contributed by atoms with Crippen LogP contribution in [0, 0.1) is 0 Å². The van der Waals surface area contributed by atoms with Crippen LogP contribution >= 0.6 is 0 Å². The van der Waals surface area contributed by atoms with Gasteiger partial charge in [-0.2, -0.15) is 0 Å². The Morgan fingerprint density at radius 3 is 2.56 bits per heavy atom. The maximum atomic E-state index is 11.4. The summed E-state index contributed by atoms with van der Waals surface area (Å²) >= 11 is 0. The third-order valence-electron chi connectivity index (χ3n) is 1.92. The van der Waals surface area contributed by atoms with Gasteiger partial charge in [-0.1, -0.05) is 0 Å². The van der Waals surface area contributed by atoms with E-state index >= 15 is 0 Å². The fourth-order valence-corrected chi connectivity index (χ4v) is 1.21. The lowest BCUT2D eigenvalue weighted by atomic mass is 10.1. The lowest BCUT2D eigenvalue weighted by Gasteiger charge is -2.10. The van der Waals surface area contributed by atoms with Gasteiger partial charge in [-0.15, -0.1) is 0 Å². The van der Waals surface area contributed by atoms with Gasteiger partial charge in [0.2, 0.25) is 0 Å².